The Kier molecular flexibility index (Phi) is 2.84. The summed E-state index contributed by atoms with van der Waals surface area (Å²) in [6, 6.07) is 0. The molecule has 0 saturated heterocycles. The summed E-state index contributed by atoms with van der Waals surface area (Å²) in [6.07, 6.45) is 4.50. The number of hydrogen-bond acceptors (Lipinski definition) is 0. The maximum absolute atomic E-state index is 2.55. The molecule has 0 heteroatoms. The van der Waals surface area contributed by atoms with Gasteiger partial charge in [-0.25, -0.2) is 0 Å². The SMILES string of the molecule is CCC1C(C)C1CC1C(C)C2C(C)CC(C)C12. The Hall–Kier alpha value is 0. The van der Waals surface area contributed by atoms with Crippen LogP contribution in [0.4, 0.5) is 0 Å². The van der Waals surface area contributed by atoms with E-state index in [-0.39, 0.29) is 0 Å². The second-order valence-corrected chi connectivity index (χ2v) is 7.70. The van der Waals surface area contributed by atoms with E-state index in [4.69, 9.17) is 0 Å². The van der Waals surface area contributed by atoms with Crippen LogP contribution in [0.2, 0.25) is 0 Å². The Balaban J connectivity index is 1.62. The van der Waals surface area contributed by atoms with Crippen molar-refractivity contribution >= 4 is 0 Å². The van der Waals surface area contributed by atoms with Crippen LogP contribution in [0.25, 0.3) is 0 Å². The molecule has 0 nitrogen and oxygen atoms in total. The van der Waals surface area contributed by atoms with Crippen molar-refractivity contribution in [1.29, 1.82) is 0 Å². The van der Waals surface area contributed by atoms with E-state index >= 15 is 0 Å². The highest BCUT2D eigenvalue weighted by Crippen LogP contribution is 2.64. The number of fused-ring (bicyclic) bond motifs is 1. The molecule has 9 atom stereocenters. The van der Waals surface area contributed by atoms with Gasteiger partial charge < -0.3 is 0 Å². The summed E-state index contributed by atoms with van der Waals surface area (Å²) in [5.74, 6) is 9.56. The summed E-state index contributed by atoms with van der Waals surface area (Å²) in [7, 11) is 0. The molecule has 17 heavy (non-hydrogen) atoms. The lowest BCUT2D eigenvalue weighted by Crippen LogP contribution is -2.46. The predicted molar refractivity (Wildman–Crippen MR) is 73.6 cm³/mol. The summed E-state index contributed by atoms with van der Waals surface area (Å²) in [4.78, 5) is 0. The van der Waals surface area contributed by atoms with Crippen LogP contribution < -0.4 is 0 Å². The standard InChI is InChI=1S/C17H30/c1-6-13-11(4)14(13)8-15-12(5)16-9(2)7-10(3)17(15)16/h9-17H,6-8H2,1-5H3. The molecule has 0 amide bonds. The van der Waals surface area contributed by atoms with E-state index in [9.17, 15) is 0 Å². The quantitative estimate of drug-likeness (QED) is 0.655. The van der Waals surface area contributed by atoms with Gasteiger partial charge in [-0.1, -0.05) is 41.0 Å². The molecular weight excluding hydrogens is 204 g/mol. The normalized spacial score (nSPS) is 60.9. The minimum absolute atomic E-state index is 1.01. The molecule has 0 aromatic heterocycles. The van der Waals surface area contributed by atoms with Crippen molar-refractivity contribution in [1.82, 2.24) is 0 Å². The highest BCUT2D eigenvalue weighted by molar-refractivity contribution is 5.06. The highest BCUT2D eigenvalue weighted by atomic mass is 14.6. The van der Waals surface area contributed by atoms with Crippen molar-refractivity contribution in [2.45, 2.75) is 53.9 Å². The second-order valence-electron chi connectivity index (χ2n) is 7.70. The van der Waals surface area contributed by atoms with Crippen LogP contribution in [0, 0.1) is 53.3 Å². The topological polar surface area (TPSA) is 0 Å². The van der Waals surface area contributed by atoms with Gasteiger partial charge in [0.15, 0.2) is 0 Å². The summed E-state index contributed by atoms with van der Waals surface area (Å²) in [6.45, 7) is 12.4. The predicted octanol–water partition coefficient (Wildman–Crippen LogP) is 4.84. The summed E-state index contributed by atoms with van der Waals surface area (Å²) in [5.41, 5.74) is 0. The third kappa shape index (κ3) is 1.62. The van der Waals surface area contributed by atoms with Crippen molar-refractivity contribution in [3.8, 4) is 0 Å². The van der Waals surface area contributed by atoms with Gasteiger partial charge in [-0.3, -0.25) is 0 Å². The molecule has 0 aromatic carbocycles. The van der Waals surface area contributed by atoms with Gasteiger partial charge in [0.05, 0.1) is 0 Å². The van der Waals surface area contributed by atoms with Crippen molar-refractivity contribution in [3.05, 3.63) is 0 Å². The monoisotopic (exact) mass is 234 g/mol. The average molecular weight is 234 g/mol. The highest BCUT2D eigenvalue weighted by Gasteiger charge is 2.58. The first kappa shape index (κ1) is 12.1. The van der Waals surface area contributed by atoms with Gasteiger partial charge in [0.25, 0.3) is 0 Å². The smallest absolute Gasteiger partial charge is 0.0324 e. The van der Waals surface area contributed by atoms with E-state index in [2.05, 4.69) is 34.6 Å². The van der Waals surface area contributed by atoms with Crippen molar-refractivity contribution in [3.63, 3.8) is 0 Å². The van der Waals surface area contributed by atoms with Crippen LogP contribution in [0.5, 0.6) is 0 Å². The van der Waals surface area contributed by atoms with Gasteiger partial charge in [0, 0.05) is 0 Å². The molecule has 0 aliphatic heterocycles. The lowest BCUT2D eigenvalue weighted by molar-refractivity contribution is -0.0321. The molecule has 0 bridgehead atoms. The van der Waals surface area contributed by atoms with Crippen molar-refractivity contribution in [2.24, 2.45) is 53.3 Å². The van der Waals surface area contributed by atoms with Gasteiger partial charge in [0.1, 0.15) is 0 Å². The largest absolute Gasteiger partial charge is 0.0651 e. The molecule has 0 radical (unpaired) electrons. The Labute approximate surface area is 108 Å². The third-order valence-corrected chi connectivity index (χ3v) is 7.05. The zero-order valence-corrected chi connectivity index (χ0v) is 12.3. The van der Waals surface area contributed by atoms with E-state index in [1.807, 2.05) is 0 Å². The fourth-order valence-corrected chi connectivity index (χ4v) is 6.11. The van der Waals surface area contributed by atoms with E-state index in [0.717, 1.165) is 53.3 Å². The zero-order chi connectivity index (χ0) is 12.3. The Morgan fingerprint density at radius 1 is 0.765 bits per heavy atom. The van der Waals surface area contributed by atoms with E-state index < -0.39 is 0 Å². The lowest BCUT2D eigenvalue weighted by Gasteiger charge is -2.51. The lowest BCUT2D eigenvalue weighted by atomic mass is 9.54. The summed E-state index contributed by atoms with van der Waals surface area (Å²) >= 11 is 0. The van der Waals surface area contributed by atoms with Crippen molar-refractivity contribution < 1.29 is 0 Å². The van der Waals surface area contributed by atoms with Crippen LogP contribution in [-0.4, -0.2) is 0 Å². The number of rotatable bonds is 3. The maximum Gasteiger partial charge on any atom is -0.0324 e. The van der Waals surface area contributed by atoms with E-state index in [1.54, 1.807) is 6.42 Å². The number of hydrogen-bond donors (Lipinski definition) is 0. The Bertz CT molecular complexity index is 294. The molecule has 98 valence electrons. The maximum atomic E-state index is 2.55. The third-order valence-electron chi connectivity index (χ3n) is 7.05. The molecule has 3 aliphatic rings. The van der Waals surface area contributed by atoms with Gasteiger partial charge in [-0.2, -0.15) is 0 Å². The van der Waals surface area contributed by atoms with Crippen LogP contribution in [0.3, 0.4) is 0 Å². The fraction of sp³-hybridized carbons (Fsp3) is 1.00. The first-order valence-corrected chi connectivity index (χ1v) is 8.06. The van der Waals surface area contributed by atoms with Crippen LogP contribution in [0.1, 0.15) is 53.9 Å². The average Bonchev–Trinajstić information content (AvgIpc) is 2.81. The Morgan fingerprint density at radius 2 is 1.41 bits per heavy atom. The molecular formula is C17H30. The fourth-order valence-electron chi connectivity index (χ4n) is 6.11. The molecule has 0 heterocycles. The molecule has 0 spiro atoms. The molecule has 3 fully saturated rings. The molecule has 0 N–H and O–H groups in total. The molecule has 3 aliphatic carbocycles. The minimum atomic E-state index is 1.01. The summed E-state index contributed by atoms with van der Waals surface area (Å²) < 4.78 is 0. The van der Waals surface area contributed by atoms with Crippen LogP contribution in [-0.2, 0) is 0 Å². The molecule has 9 unspecified atom stereocenters. The summed E-state index contributed by atoms with van der Waals surface area (Å²) in [5, 5.41) is 0. The van der Waals surface area contributed by atoms with Crippen LogP contribution in [0.15, 0.2) is 0 Å². The molecule has 0 aromatic rings. The van der Waals surface area contributed by atoms with Gasteiger partial charge >= 0.3 is 0 Å². The minimum Gasteiger partial charge on any atom is -0.0651 e. The zero-order valence-electron chi connectivity index (χ0n) is 12.3. The van der Waals surface area contributed by atoms with Gasteiger partial charge in [-0.05, 0) is 66.1 Å². The first-order valence-electron chi connectivity index (χ1n) is 8.06. The molecule has 3 rings (SSSR count). The first-order chi connectivity index (χ1) is 8.06. The van der Waals surface area contributed by atoms with E-state index in [1.165, 1.54) is 12.8 Å². The molecule has 3 saturated carbocycles. The van der Waals surface area contributed by atoms with Gasteiger partial charge in [0.2, 0.25) is 0 Å². The van der Waals surface area contributed by atoms with Crippen LogP contribution >= 0.6 is 0 Å². The van der Waals surface area contributed by atoms with E-state index in [0.29, 0.717) is 0 Å². The van der Waals surface area contributed by atoms with Gasteiger partial charge in [-0.15, -0.1) is 0 Å². The van der Waals surface area contributed by atoms with Crippen molar-refractivity contribution in [2.75, 3.05) is 0 Å². The second kappa shape index (κ2) is 4.00. The Morgan fingerprint density at radius 3 is 2.00 bits per heavy atom.